The fraction of sp³-hybridized carbons (Fsp3) is 0.636. The lowest BCUT2D eigenvalue weighted by Crippen LogP contribution is -2.29. The lowest BCUT2D eigenvalue weighted by atomic mass is 10.1. The van der Waals surface area contributed by atoms with E-state index in [9.17, 15) is 9.59 Å². The molecule has 0 amide bonds. The summed E-state index contributed by atoms with van der Waals surface area (Å²) in [7, 11) is 2.73. The van der Waals surface area contributed by atoms with E-state index in [4.69, 9.17) is 4.74 Å². The van der Waals surface area contributed by atoms with Gasteiger partial charge in [0.05, 0.1) is 14.2 Å². The molecule has 0 atom stereocenters. The van der Waals surface area contributed by atoms with E-state index in [1.807, 2.05) is 13.8 Å². The summed E-state index contributed by atoms with van der Waals surface area (Å²) in [6.45, 7) is 8.34. The minimum Gasteiger partial charge on any atom is -0.464 e. The predicted octanol–water partition coefficient (Wildman–Crippen LogP) is 4.99. The van der Waals surface area contributed by atoms with E-state index in [2.05, 4.69) is 40.9 Å². The molecule has 2 aliphatic heterocycles. The summed E-state index contributed by atoms with van der Waals surface area (Å²) in [5.74, 6) is -0.721. The Morgan fingerprint density at radius 1 is 0.848 bits per heavy atom. The average molecular weight is 562 g/mol. The van der Waals surface area contributed by atoms with Gasteiger partial charge in [-0.2, -0.15) is 0 Å². The second-order valence-electron chi connectivity index (χ2n) is 7.61. The van der Waals surface area contributed by atoms with Crippen LogP contribution in [0.2, 0.25) is 0 Å². The number of anilines is 1. The number of aryl methyl sites for hydroxylation is 2. The Hall–Kier alpha value is -1.56. The summed E-state index contributed by atoms with van der Waals surface area (Å²) < 4.78 is 9.92. The van der Waals surface area contributed by atoms with E-state index in [0.717, 1.165) is 28.0 Å². The third kappa shape index (κ3) is 8.95. The van der Waals surface area contributed by atoms with Gasteiger partial charge in [0, 0.05) is 22.8 Å². The number of esters is 2. The van der Waals surface area contributed by atoms with Crippen molar-refractivity contribution >= 4 is 55.7 Å². The van der Waals surface area contributed by atoms with Gasteiger partial charge in [-0.05, 0) is 75.0 Å². The van der Waals surface area contributed by atoms with Gasteiger partial charge in [0.25, 0.3) is 0 Å². The van der Waals surface area contributed by atoms with Crippen molar-refractivity contribution in [2.45, 2.75) is 52.4 Å². The molecule has 2 aromatic heterocycles. The number of halogens is 1. The number of nitrogens with one attached hydrogen (secondary N) is 1. The first-order valence-corrected chi connectivity index (χ1v) is 13.5. The molecule has 0 unspecified atom stereocenters. The van der Waals surface area contributed by atoms with E-state index in [1.54, 1.807) is 11.3 Å². The number of hydrogen-bond acceptors (Lipinski definition) is 10. The molecule has 2 fully saturated rings. The van der Waals surface area contributed by atoms with Gasteiger partial charge in [0.1, 0.15) is 0 Å². The Kier molecular flexibility index (Phi) is 12.3. The number of methoxy groups -OCH3 is 2. The maximum Gasteiger partial charge on any atom is 0.357 e. The number of carbonyl (C=O) groups is 2. The molecule has 0 spiro atoms. The zero-order valence-corrected chi connectivity index (χ0v) is 23.0. The van der Waals surface area contributed by atoms with Crippen LogP contribution in [0.4, 0.5) is 5.13 Å². The smallest absolute Gasteiger partial charge is 0.357 e. The van der Waals surface area contributed by atoms with E-state index in [0.29, 0.717) is 15.3 Å². The molecule has 0 saturated carbocycles. The lowest BCUT2D eigenvalue weighted by Gasteiger charge is -2.25. The van der Waals surface area contributed by atoms with Gasteiger partial charge < -0.3 is 19.7 Å². The summed E-state index contributed by atoms with van der Waals surface area (Å²) in [5, 5.41) is 4.24. The van der Waals surface area contributed by atoms with Crippen LogP contribution in [-0.2, 0) is 9.47 Å². The largest absolute Gasteiger partial charge is 0.464 e. The zero-order chi connectivity index (χ0) is 24.2. The first kappa shape index (κ1) is 27.7. The van der Waals surface area contributed by atoms with Crippen molar-refractivity contribution in [1.82, 2.24) is 15.3 Å². The number of nitrogens with zero attached hydrogens (tertiary/aromatic N) is 3. The van der Waals surface area contributed by atoms with Crippen LogP contribution in [0.25, 0.3) is 0 Å². The van der Waals surface area contributed by atoms with Crippen molar-refractivity contribution in [2.75, 3.05) is 45.3 Å². The van der Waals surface area contributed by atoms with Gasteiger partial charge in [-0.3, -0.25) is 0 Å². The number of carbonyl (C=O) groups excluding carboxylic acids is 2. The van der Waals surface area contributed by atoms with Crippen LogP contribution in [0, 0.1) is 13.8 Å². The number of ether oxygens (including phenoxy) is 2. The fourth-order valence-electron chi connectivity index (χ4n) is 3.34. The molecule has 8 nitrogen and oxygen atoms in total. The van der Waals surface area contributed by atoms with Crippen molar-refractivity contribution in [3.05, 3.63) is 25.1 Å². The number of thiazole rings is 2. The second kappa shape index (κ2) is 14.6. The van der Waals surface area contributed by atoms with Crippen molar-refractivity contribution in [2.24, 2.45) is 0 Å². The molecule has 1 N–H and O–H groups in total. The van der Waals surface area contributed by atoms with Crippen molar-refractivity contribution in [3.8, 4) is 0 Å². The third-order valence-electron chi connectivity index (χ3n) is 5.15. The van der Waals surface area contributed by atoms with Gasteiger partial charge in [0.15, 0.2) is 20.4 Å². The van der Waals surface area contributed by atoms with E-state index in [-0.39, 0.29) is 11.9 Å². The minimum atomic E-state index is -0.385. The highest BCUT2D eigenvalue weighted by Crippen LogP contribution is 2.28. The monoisotopic (exact) mass is 560 g/mol. The Bertz CT molecular complexity index is 882. The molecule has 11 heteroatoms. The van der Waals surface area contributed by atoms with Crippen LogP contribution < -0.4 is 10.2 Å². The maximum absolute atomic E-state index is 11.4. The molecule has 0 aromatic carbocycles. The number of rotatable bonds is 3. The molecule has 0 aliphatic carbocycles. The molecule has 0 radical (unpaired) electrons. The predicted molar refractivity (Wildman–Crippen MR) is 137 cm³/mol. The molecule has 4 heterocycles. The Morgan fingerprint density at radius 3 is 1.79 bits per heavy atom. The van der Waals surface area contributed by atoms with Crippen LogP contribution >= 0.6 is 38.6 Å². The van der Waals surface area contributed by atoms with Crippen LogP contribution in [0.5, 0.6) is 0 Å². The summed E-state index contributed by atoms with van der Waals surface area (Å²) >= 11 is 6.18. The molecule has 2 aliphatic rings. The normalized spacial score (nSPS) is 15.5. The highest BCUT2D eigenvalue weighted by Gasteiger charge is 2.20. The molecule has 2 aromatic rings. The summed E-state index contributed by atoms with van der Waals surface area (Å²) in [4.78, 5) is 34.8. The van der Waals surface area contributed by atoms with Crippen molar-refractivity contribution in [1.29, 1.82) is 0 Å². The van der Waals surface area contributed by atoms with E-state index < -0.39 is 0 Å². The van der Waals surface area contributed by atoms with Gasteiger partial charge in [-0.1, -0.05) is 6.42 Å². The van der Waals surface area contributed by atoms with Gasteiger partial charge >= 0.3 is 11.9 Å². The highest BCUT2D eigenvalue weighted by atomic mass is 79.9. The SMILES string of the molecule is C1CCNCC1.COC(=O)c1nc(Br)sc1C.COC(=O)c1nc(N2CCCCC2)sc1C. The highest BCUT2D eigenvalue weighted by molar-refractivity contribution is 9.11. The maximum atomic E-state index is 11.4. The van der Waals surface area contributed by atoms with Crippen LogP contribution in [0.3, 0.4) is 0 Å². The Morgan fingerprint density at radius 2 is 1.36 bits per heavy atom. The van der Waals surface area contributed by atoms with E-state index >= 15 is 0 Å². The first-order valence-electron chi connectivity index (χ1n) is 11.1. The Labute approximate surface area is 212 Å². The average Bonchev–Trinajstić information content (AvgIpc) is 3.41. The van der Waals surface area contributed by atoms with Crippen LogP contribution in [-0.4, -0.2) is 62.3 Å². The number of aromatic nitrogens is 2. The second-order valence-corrected chi connectivity index (χ2v) is 11.3. The molecular weight excluding hydrogens is 528 g/mol. The van der Waals surface area contributed by atoms with Gasteiger partial charge in [-0.15, -0.1) is 22.7 Å². The third-order valence-corrected chi connectivity index (χ3v) is 7.60. The number of piperidine rings is 2. The zero-order valence-electron chi connectivity index (χ0n) is 19.7. The Balaban J connectivity index is 0.000000195. The van der Waals surface area contributed by atoms with Crippen molar-refractivity contribution < 1.29 is 19.1 Å². The molecule has 2 saturated heterocycles. The van der Waals surface area contributed by atoms with Crippen LogP contribution in [0.15, 0.2) is 3.92 Å². The topological polar surface area (TPSA) is 93.7 Å². The molecule has 4 rings (SSSR count). The van der Waals surface area contributed by atoms with Crippen LogP contribution in [0.1, 0.15) is 69.3 Å². The quantitative estimate of drug-likeness (QED) is 0.524. The minimum absolute atomic E-state index is 0.336. The van der Waals surface area contributed by atoms with Gasteiger partial charge in [-0.25, -0.2) is 19.6 Å². The molecular formula is C22H33BrN4O4S2. The standard InChI is InChI=1S/C11H16N2O2S.C6H6BrNO2S.C5H11N/c1-8-9(10(14)15-2)12-11(16-8)13-6-4-3-5-7-13;1-3-4(5(9)10-2)8-6(7)11-3;1-2-4-6-5-3-1/h3-7H2,1-2H3;1-2H3;6H,1-5H2. The van der Waals surface area contributed by atoms with Crippen molar-refractivity contribution in [3.63, 3.8) is 0 Å². The summed E-state index contributed by atoms with van der Waals surface area (Å²) in [6, 6.07) is 0. The molecule has 184 valence electrons. The first-order chi connectivity index (χ1) is 15.9. The molecule has 33 heavy (non-hydrogen) atoms. The van der Waals surface area contributed by atoms with Gasteiger partial charge in [0.2, 0.25) is 0 Å². The summed E-state index contributed by atoms with van der Waals surface area (Å²) in [6.07, 6.45) is 7.94. The lowest BCUT2D eigenvalue weighted by molar-refractivity contribution is 0.0585. The summed E-state index contributed by atoms with van der Waals surface area (Å²) in [5.41, 5.74) is 0.859. The molecule has 0 bridgehead atoms. The fourth-order valence-corrected chi connectivity index (χ4v) is 5.81. The van der Waals surface area contributed by atoms with E-state index in [1.165, 1.54) is 77.2 Å². The number of hydrogen-bond donors (Lipinski definition) is 1.